The molecule has 3 nitrogen and oxygen atoms in total. The Morgan fingerprint density at radius 2 is 1.90 bits per heavy atom. The maximum Gasteiger partial charge on any atom is 0.119 e. The number of aryl methyl sites for hydroxylation is 2. The second kappa shape index (κ2) is 7.09. The summed E-state index contributed by atoms with van der Waals surface area (Å²) in [5.41, 5.74) is 3.02. The smallest absolute Gasteiger partial charge is 0.119 e. The Bertz CT molecular complexity index is 427. The van der Waals surface area contributed by atoms with Crippen LogP contribution in [0.1, 0.15) is 30.4 Å². The predicted molar refractivity (Wildman–Crippen MR) is 79.6 cm³/mol. The minimum Gasteiger partial charge on any atom is -0.494 e. The molecule has 0 bridgehead atoms. The Kier molecular flexibility index (Phi) is 4.93. The SMILES string of the molecule is c1cc2c(cc1OCCCC[NH+]1CCOCC1)CCC2. The maximum atomic E-state index is 5.89. The number of morpholine rings is 1. The van der Waals surface area contributed by atoms with Crippen LogP contribution in [0.25, 0.3) is 0 Å². The molecule has 1 N–H and O–H groups in total. The molecule has 1 fully saturated rings. The molecule has 1 saturated heterocycles. The number of nitrogens with one attached hydrogen (secondary N) is 1. The normalized spacial score (nSPS) is 19.0. The molecule has 1 aromatic carbocycles. The van der Waals surface area contributed by atoms with Gasteiger partial charge < -0.3 is 14.4 Å². The zero-order chi connectivity index (χ0) is 13.6. The first-order chi connectivity index (χ1) is 9.92. The standard InChI is InChI=1S/C17H25NO2/c1(8-18-9-12-19-13-10-18)2-11-20-17-7-6-15-4-3-5-16(15)14-17/h6-7,14H,1-5,8-13H2/p+1. The molecule has 3 heteroatoms. The fourth-order valence-corrected chi connectivity index (χ4v) is 3.22. The molecule has 0 saturated carbocycles. The van der Waals surface area contributed by atoms with Crippen LogP contribution in [0.15, 0.2) is 18.2 Å². The lowest BCUT2D eigenvalue weighted by Crippen LogP contribution is -3.14. The van der Waals surface area contributed by atoms with E-state index in [0.717, 1.165) is 32.0 Å². The van der Waals surface area contributed by atoms with E-state index in [1.54, 1.807) is 4.90 Å². The number of benzene rings is 1. The molecule has 0 atom stereocenters. The molecule has 0 aromatic heterocycles. The van der Waals surface area contributed by atoms with E-state index in [2.05, 4.69) is 18.2 Å². The fraction of sp³-hybridized carbons (Fsp3) is 0.647. The van der Waals surface area contributed by atoms with Crippen LogP contribution in [-0.4, -0.2) is 39.5 Å². The van der Waals surface area contributed by atoms with E-state index in [4.69, 9.17) is 9.47 Å². The lowest BCUT2D eigenvalue weighted by molar-refractivity contribution is -0.908. The van der Waals surface area contributed by atoms with Crippen molar-refractivity contribution >= 4 is 0 Å². The second-order valence-electron chi connectivity index (χ2n) is 5.95. The van der Waals surface area contributed by atoms with E-state index in [1.807, 2.05) is 0 Å². The van der Waals surface area contributed by atoms with Gasteiger partial charge in [-0.2, -0.15) is 0 Å². The monoisotopic (exact) mass is 276 g/mol. The van der Waals surface area contributed by atoms with E-state index in [-0.39, 0.29) is 0 Å². The summed E-state index contributed by atoms with van der Waals surface area (Å²) in [6.45, 7) is 6.32. The number of hydrogen-bond acceptors (Lipinski definition) is 2. The average molecular weight is 276 g/mol. The first-order valence-electron chi connectivity index (χ1n) is 8.08. The Morgan fingerprint density at radius 1 is 1.05 bits per heavy atom. The summed E-state index contributed by atoms with van der Waals surface area (Å²) in [6, 6.07) is 6.63. The van der Waals surface area contributed by atoms with Crippen LogP contribution < -0.4 is 9.64 Å². The van der Waals surface area contributed by atoms with Gasteiger partial charge in [0, 0.05) is 0 Å². The van der Waals surface area contributed by atoms with Crippen molar-refractivity contribution in [2.45, 2.75) is 32.1 Å². The summed E-state index contributed by atoms with van der Waals surface area (Å²) < 4.78 is 11.3. The van der Waals surface area contributed by atoms with Gasteiger partial charge in [0.15, 0.2) is 0 Å². The summed E-state index contributed by atoms with van der Waals surface area (Å²) in [5.74, 6) is 1.06. The van der Waals surface area contributed by atoms with Crippen LogP contribution in [0.2, 0.25) is 0 Å². The zero-order valence-electron chi connectivity index (χ0n) is 12.3. The Balaban J connectivity index is 1.33. The van der Waals surface area contributed by atoms with Gasteiger partial charge in [0.25, 0.3) is 0 Å². The first-order valence-corrected chi connectivity index (χ1v) is 8.08. The fourth-order valence-electron chi connectivity index (χ4n) is 3.22. The molecule has 0 amide bonds. The van der Waals surface area contributed by atoms with Gasteiger partial charge in [-0.1, -0.05) is 6.07 Å². The topological polar surface area (TPSA) is 22.9 Å². The van der Waals surface area contributed by atoms with E-state index < -0.39 is 0 Å². The first kappa shape index (κ1) is 13.9. The third-order valence-corrected chi connectivity index (χ3v) is 4.46. The molecule has 0 unspecified atom stereocenters. The average Bonchev–Trinajstić information content (AvgIpc) is 2.95. The molecular weight excluding hydrogens is 250 g/mol. The summed E-state index contributed by atoms with van der Waals surface area (Å²) in [4.78, 5) is 1.69. The third-order valence-electron chi connectivity index (χ3n) is 4.46. The summed E-state index contributed by atoms with van der Waals surface area (Å²) >= 11 is 0. The van der Waals surface area contributed by atoms with Crippen molar-refractivity contribution in [1.29, 1.82) is 0 Å². The number of unbranched alkanes of at least 4 members (excludes halogenated alkanes) is 1. The van der Waals surface area contributed by atoms with Gasteiger partial charge in [0.2, 0.25) is 0 Å². The van der Waals surface area contributed by atoms with Crippen molar-refractivity contribution in [2.24, 2.45) is 0 Å². The number of ether oxygens (including phenoxy) is 2. The third kappa shape index (κ3) is 3.74. The molecule has 1 heterocycles. The van der Waals surface area contributed by atoms with Gasteiger partial charge >= 0.3 is 0 Å². The van der Waals surface area contributed by atoms with E-state index in [1.165, 1.54) is 56.4 Å². The Hall–Kier alpha value is -1.06. The van der Waals surface area contributed by atoms with Gasteiger partial charge in [-0.05, 0) is 55.4 Å². The van der Waals surface area contributed by atoms with Crippen LogP contribution in [0.5, 0.6) is 5.75 Å². The highest BCUT2D eigenvalue weighted by atomic mass is 16.5. The van der Waals surface area contributed by atoms with Gasteiger partial charge in [0.1, 0.15) is 18.8 Å². The number of quaternary nitrogens is 1. The lowest BCUT2D eigenvalue weighted by Gasteiger charge is -2.23. The number of hydrogen-bond donors (Lipinski definition) is 1. The van der Waals surface area contributed by atoms with Gasteiger partial charge in [-0.3, -0.25) is 0 Å². The summed E-state index contributed by atoms with van der Waals surface area (Å²) in [5, 5.41) is 0. The highest BCUT2D eigenvalue weighted by Crippen LogP contribution is 2.26. The largest absolute Gasteiger partial charge is 0.494 e. The maximum absolute atomic E-state index is 5.89. The van der Waals surface area contributed by atoms with Crippen molar-refractivity contribution in [2.75, 3.05) is 39.5 Å². The highest BCUT2D eigenvalue weighted by molar-refractivity contribution is 5.38. The molecule has 1 aliphatic carbocycles. The highest BCUT2D eigenvalue weighted by Gasteiger charge is 2.13. The van der Waals surface area contributed by atoms with Crippen molar-refractivity contribution < 1.29 is 14.4 Å². The molecular formula is C17H26NO2+. The molecule has 2 aliphatic rings. The zero-order valence-corrected chi connectivity index (χ0v) is 12.3. The van der Waals surface area contributed by atoms with Crippen molar-refractivity contribution in [3.05, 3.63) is 29.3 Å². The molecule has 3 rings (SSSR count). The molecule has 0 spiro atoms. The molecule has 110 valence electrons. The van der Waals surface area contributed by atoms with Crippen molar-refractivity contribution in [3.8, 4) is 5.75 Å². The van der Waals surface area contributed by atoms with E-state index in [9.17, 15) is 0 Å². The van der Waals surface area contributed by atoms with Crippen LogP contribution in [-0.2, 0) is 17.6 Å². The van der Waals surface area contributed by atoms with Crippen LogP contribution in [0.3, 0.4) is 0 Å². The van der Waals surface area contributed by atoms with Gasteiger partial charge in [0.05, 0.1) is 26.4 Å². The Morgan fingerprint density at radius 3 is 2.80 bits per heavy atom. The minimum absolute atomic E-state index is 0.850. The Labute approximate surface area is 121 Å². The van der Waals surface area contributed by atoms with E-state index in [0.29, 0.717) is 0 Å². The van der Waals surface area contributed by atoms with Crippen LogP contribution >= 0.6 is 0 Å². The lowest BCUT2D eigenvalue weighted by atomic mass is 10.1. The second-order valence-corrected chi connectivity index (χ2v) is 5.95. The van der Waals surface area contributed by atoms with Crippen LogP contribution in [0.4, 0.5) is 0 Å². The predicted octanol–water partition coefficient (Wildman–Crippen LogP) is 1.25. The van der Waals surface area contributed by atoms with Gasteiger partial charge in [-0.25, -0.2) is 0 Å². The summed E-state index contributed by atoms with van der Waals surface area (Å²) in [6.07, 6.45) is 6.19. The molecule has 1 aliphatic heterocycles. The summed E-state index contributed by atoms with van der Waals surface area (Å²) in [7, 11) is 0. The minimum atomic E-state index is 0.850. The number of rotatable bonds is 6. The van der Waals surface area contributed by atoms with Crippen LogP contribution in [0, 0.1) is 0 Å². The van der Waals surface area contributed by atoms with E-state index >= 15 is 0 Å². The number of fused-ring (bicyclic) bond motifs is 1. The molecule has 20 heavy (non-hydrogen) atoms. The van der Waals surface area contributed by atoms with Crippen molar-refractivity contribution in [1.82, 2.24) is 0 Å². The molecule has 1 aromatic rings. The van der Waals surface area contributed by atoms with Crippen molar-refractivity contribution in [3.63, 3.8) is 0 Å². The quantitative estimate of drug-likeness (QED) is 0.790. The molecule has 0 radical (unpaired) electrons. The van der Waals surface area contributed by atoms with Gasteiger partial charge in [-0.15, -0.1) is 0 Å².